The Morgan fingerprint density at radius 1 is 1.47 bits per heavy atom. The van der Waals surface area contributed by atoms with Gasteiger partial charge in [-0.25, -0.2) is 0 Å². The van der Waals surface area contributed by atoms with Crippen molar-refractivity contribution in [1.82, 2.24) is 0 Å². The number of methoxy groups -OCH3 is 1. The van der Waals surface area contributed by atoms with Gasteiger partial charge in [0.2, 0.25) is 0 Å². The van der Waals surface area contributed by atoms with E-state index in [0.29, 0.717) is 0 Å². The number of nitrogens with two attached hydrogens (primary N) is 1. The van der Waals surface area contributed by atoms with Gasteiger partial charge in [0.05, 0.1) is 11.6 Å². The molecule has 2 nitrogen and oxygen atoms in total. The summed E-state index contributed by atoms with van der Waals surface area (Å²) in [5, 5.41) is 0. The summed E-state index contributed by atoms with van der Waals surface area (Å²) in [6.45, 7) is 2.06. The van der Waals surface area contributed by atoms with E-state index >= 15 is 0 Å². The second kappa shape index (κ2) is 3.80. The summed E-state index contributed by atoms with van der Waals surface area (Å²) < 4.78 is 6.48. The van der Waals surface area contributed by atoms with Gasteiger partial charge in [-0.2, -0.15) is 0 Å². The minimum atomic E-state index is 0.0297. The van der Waals surface area contributed by atoms with Gasteiger partial charge in [-0.05, 0) is 53.2 Å². The largest absolute Gasteiger partial charge is 0.495 e. The van der Waals surface area contributed by atoms with Crippen molar-refractivity contribution < 1.29 is 4.74 Å². The van der Waals surface area contributed by atoms with E-state index in [0.717, 1.165) is 29.5 Å². The molecule has 0 amide bonds. The second-order valence-corrected chi connectivity index (χ2v) is 5.22. The molecule has 0 spiro atoms. The summed E-state index contributed by atoms with van der Waals surface area (Å²) in [7, 11) is 1.71. The Bertz CT molecular complexity index is 385. The van der Waals surface area contributed by atoms with E-state index < -0.39 is 0 Å². The molecule has 2 rings (SSSR count). The standard InChI is InChI=1S/C12H16BrNO/c1-8-3-4-9(7-12(14)5-6-12)11(15-2)10(8)13/h3-4H,5-7,14H2,1-2H3. The summed E-state index contributed by atoms with van der Waals surface area (Å²) in [6.07, 6.45) is 3.17. The maximum absolute atomic E-state index is 6.12. The van der Waals surface area contributed by atoms with Crippen LogP contribution in [0.3, 0.4) is 0 Å². The predicted molar refractivity (Wildman–Crippen MR) is 65.3 cm³/mol. The number of rotatable bonds is 3. The first-order chi connectivity index (χ1) is 7.06. The molecular weight excluding hydrogens is 254 g/mol. The third-order valence-electron chi connectivity index (χ3n) is 3.01. The van der Waals surface area contributed by atoms with Crippen LogP contribution < -0.4 is 10.5 Å². The van der Waals surface area contributed by atoms with Crippen LogP contribution in [0.15, 0.2) is 16.6 Å². The second-order valence-electron chi connectivity index (χ2n) is 4.43. The summed E-state index contributed by atoms with van der Waals surface area (Å²) in [6, 6.07) is 4.22. The molecule has 1 saturated carbocycles. The third kappa shape index (κ3) is 2.18. The monoisotopic (exact) mass is 269 g/mol. The van der Waals surface area contributed by atoms with Crippen LogP contribution in [-0.4, -0.2) is 12.6 Å². The molecule has 0 aliphatic heterocycles. The minimum Gasteiger partial charge on any atom is -0.495 e. The van der Waals surface area contributed by atoms with Gasteiger partial charge >= 0.3 is 0 Å². The van der Waals surface area contributed by atoms with E-state index in [1.807, 2.05) is 0 Å². The zero-order chi connectivity index (χ0) is 11.1. The highest BCUT2D eigenvalue weighted by molar-refractivity contribution is 9.10. The van der Waals surface area contributed by atoms with Crippen LogP contribution in [0, 0.1) is 6.92 Å². The van der Waals surface area contributed by atoms with Crippen molar-refractivity contribution in [2.45, 2.75) is 31.7 Å². The minimum absolute atomic E-state index is 0.0297. The van der Waals surface area contributed by atoms with Crippen LogP contribution >= 0.6 is 15.9 Å². The molecule has 15 heavy (non-hydrogen) atoms. The summed E-state index contributed by atoms with van der Waals surface area (Å²) >= 11 is 3.55. The number of hydrogen-bond donors (Lipinski definition) is 1. The molecule has 0 unspecified atom stereocenters. The molecule has 0 saturated heterocycles. The lowest BCUT2D eigenvalue weighted by molar-refractivity contribution is 0.404. The molecule has 3 heteroatoms. The summed E-state index contributed by atoms with van der Waals surface area (Å²) in [5.41, 5.74) is 8.54. The van der Waals surface area contributed by atoms with Gasteiger partial charge in [0.1, 0.15) is 5.75 Å². The fourth-order valence-electron chi connectivity index (χ4n) is 1.77. The van der Waals surface area contributed by atoms with Crippen LogP contribution in [0.4, 0.5) is 0 Å². The average Bonchev–Trinajstić information content (AvgIpc) is 2.91. The molecule has 1 aliphatic carbocycles. The molecular formula is C12H16BrNO. The smallest absolute Gasteiger partial charge is 0.136 e. The Balaban J connectivity index is 2.34. The molecule has 2 N–H and O–H groups in total. The van der Waals surface area contributed by atoms with Crippen molar-refractivity contribution in [2.75, 3.05) is 7.11 Å². The highest BCUT2D eigenvalue weighted by Crippen LogP contribution is 2.40. The van der Waals surface area contributed by atoms with Crippen LogP contribution in [-0.2, 0) is 6.42 Å². The molecule has 1 fully saturated rings. The molecule has 0 heterocycles. The number of hydrogen-bond acceptors (Lipinski definition) is 2. The molecule has 0 atom stereocenters. The molecule has 1 aromatic carbocycles. The molecule has 0 bridgehead atoms. The first kappa shape index (κ1) is 11.0. The lowest BCUT2D eigenvalue weighted by Gasteiger charge is -2.15. The van der Waals surface area contributed by atoms with Gasteiger partial charge < -0.3 is 10.5 Å². The van der Waals surface area contributed by atoms with Crippen LogP contribution in [0.25, 0.3) is 0 Å². The summed E-state index contributed by atoms with van der Waals surface area (Å²) in [5.74, 6) is 0.937. The predicted octanol–water partition coefficient (Wildman–Crippen LogP) is 2.80. The maximum Gasteiger partial charge on any atom is 0.136 e. The first-order valence-electron chi connectivity index (χ1n) is 5.16. The van der Waals surface area contributed by atoms with Gasteiger partial charge in [0.15, 0.2) is 0 Å². The van der Waals surface area contributed by atoms with Crippen LogP contribution in [0.5, 0.6) is 5.75 Å². The third-order valence-corrected chi connectivity index (χ3v) is 4.00. The summed E-state index contributed by atoms with van der Waals surface area (Å²) in [4.78, 5) is 0. The molecule has 1 aliphatic rings. The number of halogens is 1. The Morgan fingerprint density at radius 3 is 2.67 bits per heavy atom. The lowest BCUT2D eigenvalue weighted by atomic mass is 10.0. The van der Waals surface area contributed by atoms with Crippen molar-refractivity contribution in [3.8, 4) is 5.75 Å². The molecule has 82 valence electrons. The molecule has 0 radical (unpaired) electrons. The van der Waals surface area contributed by atoms with E-state index in [2.05, 4.69) is 35.0 Å². The zero-order valence-electron chi connectivity index (χ0n) is 9.14. The van der Waals surface area contributed by atoms with E-state index in [9.17, 15) is 0 Å². The molecule has 0 aromatic heterocycles. The van der Waals surface area contributed by atoms with E-state index in [1.54, 1.807) is 7.11 Å². The Kier molecular flexibility index (Phi) is 2.77. The van der Waals surface area contributed by atoms with E-state index in [-0.39, 0.29) is 5.54 Å². The van der Waals surface area contributed by atoms with Gasteiger partial charge in [-0.3, -0.25) is 0 Å². The number of aryl methyl sites for hydroxylation is 1. The zero-order valence-corrected chi connectivity index (χ0v) is 10.7. The van der Waals surface area contributed by atoms with Gasteiger partial charge in [-0.15, -0.1) is 0 Å². The Hall–Kier alpha value is -0.540. The van der Waals surface area contributed by atoms with Crippen LogP contribution in [0.1, 0.15) is 24.0 Å². The van der Waals surface area contributed by atoms with Crippen molar-refractivity contribution >= 4 is 15.9 Å². The highest BCUT2D eigenvalue weighted by Gasteiger charge is 2.38. The quantitative estimate of drug-likeness (QED) is 0.916. The molecule has 1 aromatic rings. The van der Waals surface area contributed by atoms with Crippen LogP contribution in [0.2, 0.25) is 0 Å². The van der Waals surface area contributed by atoms with E-state index in [1.165, 1.54) is 11.1 Å². The van der Waals surface area contributed by atoms with Gasteiger partial charge in [0.25, 0.3) is 0 Å². The maximum atomic E-state index is 6.12. The first-order valence-corrected chi connectivity index (χ1v) is 5.96. The number of benzene rings is 1. The SMILES string of the molecule is COc1c(CC2(N)CC2)ccc(C)c1Br. The fraction of sp³-hybridized carbons (Fsp3) is 0.500. The fourth-order valence-corrected chi connectivity index (χ4v) is 2.32. The van der Waals surface area contributed by atoms with E-state index in [4.69, 9.17) is 10.5 Å². The van der Waals surface area contributed by atoms with Crippen molar-refractivity contribution in [2.24, 2.45) is 5.73 Å². The van der Waals surface area contributed by atoms with Crippen molar-refractivity contribution in [3.05, 3.63) is 27.7 Å². The topological polar surface area (TPSA) is 35.2 Å². The van der Waals surface area contributed by atoms with Gasteiger partial charge in [-0.1, -0.05) is 12.1 Å². The number of ether oxygens (including phenoxy) is 1. The Labute approximate surface area is 98.9 Å². The van der Waals surface area contributed by atoms with Crippen molar-refractivity contribution in [1.29, 1.82) is 0 Å². The van der Waals surface area contributed by atoms with Gasteiger partial charge in [0, 0.05) is 5.54 Å². The highest BCUT2D eigenvalue weighted by atomic mass is 79.9. The normalized spacial score (nSPS) is 17.6. The van der Waals surface area contributed by atoms with Crippen molar-refractivity contribution in [3.63, 3.8) is 0 Å². The average molecular weight is 270 g/mol. The lowest BCUT2D eigenvalue weighted by Crippen LogP contribution is -2.24. The Morgan fingerprint density at radius 2 is 2.13 bits per heavy atom.